The van der Waals surface area contributed by atoms with E-state index in [0.717, 1.165) is 24.9 Å². The van der Waals surface area contributed by atoms with Gasteiger partial charge in [0.15, 0.2) is 17.0 Å². The number of hydrogen-bond donors (Lipinski definition) is 1. The number of piperidine rings is 1. The van der Waals surface area contributed by atoms with Gasteiger partial charge in [0.25, 0.3) is 0 Å². The van der Waals surface area contributed by atoms with Crippen LogP contribution in [0.2, 0.25) is 10.0 Å². The molecular formula is C28H25Cl2N3O6. The SMILES string of the molecule is CC[C@@H]1C[C@H](OC(=O)c2c(-c3c(Cl)cccc3Cl)noc2C2CC2)CCN1c1ccc2c(C(=O)O)noc2c1. The number of hydrogen-bond acceptors (Lipinski definition) is 8. The Hall–Kier alpha value is -3.56. The number of carboxylic acid groups (broad SMARTS) is 1. The number of nitrogens with zero attached hydrogens (tertiary/aromatic N) is 3. The number of aromatic carboxylic acids is 1. The van der Waals surface area contributed by atoms with Crippen LogP contribution in [-0.2, 0) is 4.74 Å². The number of carboxylic acids is 1. The molecule has 0 unspecified atom stereocenters. The maximum atomic E-state index is 13.6. The molecule has 11 heteroatoms. The number of carbonyl (C=O) groups is 2. The first-order valence-electron chi connectivity index (χ1n) is 12.9. The number of rotatable bonds is 7. The molecule has 6 rings (SSSR count). The van der Waals surface area contributed by atoms with Crippen molar-refractivity contribution in [2.24, 2.45) is 0 Å². The predicted molar refractivity (Wildman–Crippen MR) is 145 cm³/mol. The van der Waals surface area contributed by atoms with Crippen LogP contribution in [0.5, 0.6) is 0 Å². The van der Waals surface area contributed by atoms with E-state index in [1.807, 2.05) is 12.1 Å². The fraction of sp³-hybridized carbons (Fsp3) is 0.357. The fourth-order valence-corrected chi connectivity index (χ4v) is 5.91. The lowest BCUT2D eigenvalue weighted by atomic mass is 9.96. The third-order valence-corrected chi connectivity index (χ3v) is 8.10. The van der Waals surface area contributed by atoms with Crippen molar-refractivity contribution in [3.63, 3.8) is 0 Å². The maximum absolute atomic E-state index is 13.6. The van der Waals surface area contributed by atoms with Gasteiger partial charge in [-0.25, -0.2) is 9.59 Å². The summed E-state index contributed by atoms with van der Waals surface area (Å²) in [5, 5.41) is 18.4. The van der Waals surface area contributed by atoms with Crippen molar-refractivity contribution < 1.29 is 28.5 Å². The van der Waals surface area contributed by atoms with Crippen LogP contribution in [0.15, 0.2) is 45.4 Å². The van der Waals surface area contributed by atoms with Crippen molar-refractivity contribution in [1.29, 1.82) is 0 Å². The van der Waals surface area contributed by atoms with Gasteiger partial charge in [-0.3, -0.25) is 0 Å². The molecule has 2 aromatic heterocycles. The second-order valence-corrected chi connectivity index (χ2v) is 10.8. The Morgan fingerprint density at radius 3 is 2.56 bits per heavy atom. The zero-order chi connectivity index (χ0) is 27.3. The minimum atomic E-state index is -1.13. The summed E-state index contributed by atoms with van der Waals surface area (Å²) in [6, 6.07) is 10.6. The molecule has 1 saturated carbocycles. The van der Waals surface area contributed by atoms with E-state index in [4.69, 9.17) is 37.0 Å². The molecule has 1 aliphatic heterocycles. The van der Waals surface area contributed by atoms with Gasteiger partial charge in [0.1, 0.15) is 17.4 Å². The zero-order valence-corrected chi connectivity index (χ0v) is 22.5. The van der Waals surface area contributed by atoms with Crippen molar-refractivity contribution in [3.8, 4) is 11.3 Å². The maximum Gasteiger partial charge on any atom is 0.358 e. The number of aromatic nitrogens is 2. The molecule has 0 radical (unpaired) electrons. The molecular weight excluding hydrogens is 545 g/mol. The first kappa shape index (κ1) is 25.7. The zero-order valence-electron chi connectivity index (χ0n) is 21.0. The number of benzene rings is 2. The molecule has 2 aliphatic rings. The highest BCUT2D eigenvalue weighted by Gasteiger charge is 2.38. The lowest BCUT2D eigenvalue weighted by Crippen LogP contribution is -2.45. The quantitative estimate of drug-likeness (QED) is 0.235. The van der Waals surface area contributed by atoms with Crippen LogP contribution in [0.1, 0.15) is 71.6 Å². The van der Waals surface area contributed by atoms with Crippen LogP contribution in [0.4, 0.5) is 5.69 Å². The Bertz CT molecular complexity index is 1560. The van der Waals surface area contributed by atoms with E-state index >= 15 is 0 Å². The highest BCUT2D eigenvalue weighted by molar-refractivity contribution is 6.39. The van der Waals surface area contributed by atoms with E-state index in [2.05, 4.69) is 22.1 Å². The number of fused-ring (bicyclic) bond motifs is 1. The monoisotopic (exact) mass is 569 g/mol. The molecule has 9 nitrogen and oxygen atoms in total. The van der Waals surface area contributed by atoms with Gasteiger partial charge in [0.05, 0.1) is 15.4 Å². The summed E-state index contributed by atoms with van der Waals surface area (Å²) in [4.78, 5) is 27.2. The Labute approximate surface area is 233 Å². The lowest BCUT2D eigenvalue weighted by Gasteiger charge is -2.40. The molecule has 3 heterocycles. The molecule has 0 spiro atoms. The van der Waals surface area contributed by atoms with Gasteiger partial charge < -0.3 is 23.8 Å². The molecule has 0 amide bonds. The Morgan fingerprint density at radius 2 is 1.87 bits per heavy atom. The van der Waals surface area contributed by atoms with Gasteiger partial charge in [-0.15, -0.1) is 0 Å². The Morgan fingerprint density at radius 1 is 1.10 bits per heavy atom. The minimum Gasteiger partial charge on any atom is -0.476 e. The summed E-state index contributed by atoms with van der Waals surface area (Å²) in [6.45, 7) is 2.73. The summed E-state index contributed by atoms with van der Waals surface area (Å²) in [6.07, 6.45) is 3.61. The van der Waals surface area contributed by atoms with Crippen molar-refractivity contribution in [2.45, 2.75) is 57.1 Å². The van der Waals surface area contributed by atoms with Crippen LogP contribution in [-0.4, -0.2) is 46.0 Å². The number of anilines is 1. The van der Waals surface area contributed by atoms with E-state index in [1.54, 1.807) is 24.3 Å². The summed E-state index contributed by atoms with van der Waals surface area (Å²) in [5.41, 5.74) is 2.28. The molecule has 1 N–H and O–H groups in total. The predicted octanol–water partition coefficient (Wildman–Crippen LogP) is 6.97. The molecule has 1 saturated heterocycles. The van der Waals surface area contributed by atoms with Crippen molar-refractivity contribution in [3.05, 3.63) is 63.5 Å². The molecule has 1 aliphatic carbocycles. The van der Waals surface area contributed by atoms with Crippen LogP contribution < -0.4 is 4.90 Å². The van der Waals surface area contributed by atoms with E-state index in [1.165, 1.54) is 0 Å². The Balaban J connectivity index is 1.23. The average Bonchev–Trinajstić information content (AvgIpc) is 3.52. The minimum absolute atomic E-state index is 0.0960. The van der Waals surface area contributed by atoms with Crippen LogP contribution in [0.3, 0.4) is 0 Å². The number of carbonyl (C=O) groups excluding carboxylic acids is 1. The van der Waals surface area contributed by atoms with E-state index in [9.17, 15) is 14.7 Å². The second kappa shape index (κ2) is 10.2. The molecule has 39 heavy (non-hydrogen) atoms. The van der Waals surface area contributed by atoms with Crippen LogP contribution >= 0.6 is 23.2 Å². The third kappa shape index (κ3) is 4.74. The molecule has 4 aromatic rings. The number of halogens is 2. The smallest absolute Gasteiger partial charge is 0.358 e. The molecule has 2 atom stereocenters. The van der Waals surface area contributed by atoms with Crippen molar-refractivity contribution in [2.75, 3.05) is 11.4 Å². The van der Waals surface area contributed by atoms with Crippen LogP contribution in [0, 0.1) is 0 Å². The Kier molecular flexibility index (Phi) is 6.72. The normalized spacial score (nSPS) is 19.4. The number of esters is 1. The summed E-state index contributed by atoms with van der Waals surface area (Å²) in [5.74, 6) is -0.959. The van der Waals surface area contributed by atoms with E-state index < -0.39 is 11.9 Å². The average molecular weight is 570 g/mol. The van der Waals surface area contributed by atoms with Gasteiger partial charge in [-0.05, 0) is 43.5 Å². The number of ether oxygens (including phenoxy) is 1. The molecule has 2 aromatic carbocycles. The summed E-state index contributed by atoms with van der Waals surface area (Å²) < 4.78 is 17.0. The first-order chi connectivity index (χ1) is 18.9. The van der Waals surface area contributed by atoms with Crippen molar-refractivity contribution in [1.82, 2.24) is 10.3 Å². The van der Waals surface area contributed by atoms with Gasteiger partial charge in [-0.2, -0.15) is 0 Å². The van der Waals surface area contributed by atoms with Gasteiger partial charge in [-0.1, -0.05) is 46.5 Å². The highest BCUT2D eigenvalue weighted by atomic mass is 35.5. The van der Waals surface area contributed by atoms with Gasteiger partial charge >= 0.3 is 11.9 Å². The van der Waals surface area contributed by atoms with Gasteiger partial charge in [0, 0.05) is 48.7 Å². The molecule has 2 fully saturated rings. The second-order valence-electron chi connectivity index (χ2n) is 9.97. The van der Waals surface area contributed by atoms with Crippen molar-refractivity contribution >= 4 is 51.8 Å². The molecule has 0 bridgehead atoms. The van der Waals surface area contributed by atoms with E-state index in [0.29, 0.717) is 63.0 Å². The fourth-order valence-electron chi connectivity index (χ4n) is 5.34. The standard InChI is InChI=1S/C28H25Cl2N3O6/c1-2-15-12-17(10-11-33(15)16-8-9-18-21(13-16)38-31-24(18)27(34)35)37-28(36)23-25(32-39-26(23)14-6-7-14)22-19(29)4-3-5-20(22)30/h3-5,8-9,13-15,17H,2,6-7,10-12H2,1H3,(H,34,35)/t15-,17-/m1/s1. The first-order valence-corrected chi connectivity index (χ1v) is 13.7. The summed E-state index contributed by atoms with van der Waals surface area (Å²) >= 11 is 12.9. The lowest BCUT2D eigenvalue weighted by molar-refractivity contribution is 0.0206. The summed E-state index contributed by atoms with van der Waals surface area (Å²) in [7, 11) is 0. The largest absolute Gasteiger partial charge is 0.476 e. The third-order valence-electron chi connectivity index (χ3n) is 7.47. The molecule has 202 valence electrons. The van der Waals surface area contributed by atoms with Gasteiger partial charge in [0.2, 0.25) is 0 Å². The highest BCUT2D eigenvalue weighted by Crippen LogP contribution is 2.46. The topological polar surface area (TPSA) is 119 Å². The van der Waals surface area contributed by atoms with Crippen LogP contribution in [0.25, 0.3) is 22.2 Å². The van der Waals surface area contributed by atoms with E-state index in [-0.39, 0.29) is 23.8 Å².